The molecule has 0 aliphatic carbocycles. The number of thiophene rings is 1. The zero-order valence-corrected chi connectivity index (χ0v) is 11.6. The highest BCUT2D eigenvalue weighted by atomic mass is 32.1. The second kappa shape index (κ2) is 5.42. The molecule has 0 saturated carbocycles. The zero-order chi connectivity index (χ0) is 13.9. The van der Waals surface area contributed by atoms with Crippen molar-refractivity contribution in [1.82, 2.24) is 9.97 Å². The topological polar surface area (TPSA) is 47.0 Å². The minimum atomic E-state index is -0.331. The molecule has 0 spiro atoms. The molecular formula is C14H12FN3OS. The van der Waals surface area contributed by atoms with Gasteiger partial charge in [0.2, 0.25) is 0 Å². The summed E-state index contributed by atoms with van der Waals surface area (Å²) in [5.41, 5.74) is 1.56. The van der Waals surface area contributed by atoms with Crippen molar-refractivity contribution in [1.29, 1.82) is 0 Å². The third-order valence-corrected chi connectivity index (χ3v) is 3.65. The maximum atomic E-state index is 13.3. The maximum absolute atomic E-state index is 13.3. The van der Waals surface area contributed by atoms with Gasteiger partial charge in [-0.1, -0.05) is 0 Å². The number of hydrogen-bond donors (Lipinski definition) is 1. The van der Waals surface area contributed by atoms with Crippen molar-refractivity contribution in [2.45, 2.75) is 6.92 Å². The minimum Gasteiger partial charge on any atom is -0.492 e. The van der Waals surface area contributed by atoms with Gasteiger partial charge in [0.15, 0.2) is 5.82 Å². The van der Waals surface area contributed by atoms with Crippen LogP contribution in [0.1, 0.15) is 6.92 Å². The van der Waals surface area contributed by atoms with E-state index in [4.69, 9.17) is 4.74 Å². The summed E-state index contributed by atoms with van der Waals surface area (Å²) in [6, 6.07) is 6.32. The number of hydrogen-bond acceptors (Lipinski definition) is 5. The normalized spacial score (nSPS) is 10.7. The maximum Gasteiger partial charge on any atom is 0.151 e. The summed E-state index contributed by atoms with van der Waals surface area (Å²) in [5, 5.41) is 5.14. The molecule has 2 heterocycles. The first-order chi connectivity index (χ1) is 9.78. The fourth-order valence-corrected chi connectivity index (χ4v) is 2.67. The molecule has 0 atom stereocenters. The van der Waals surface area contributed by atoms with Crippen LogP contribution in [-0.4, -0.2) is 16.6 Å². The van der Waals surface area contributed by atoms with Gasteiger partial charge >= 0.3 is 0 Å². The van der Waals surface area contributed by atoms with Crippen molar-refractivity contribution < 1.29 is 9.13 Å². The molecule has 0 radical (unpaired) electrons. The van der Waals surface area contributed by atoms with Crippen LogP contribution in [0.3, 0.4) is 0 Å². The predicted molar refractivity (Wildman–Crippen MR) is 78.3 cm³/mol. The van der Waals surface area contributed by atoms with E-state index in [2.05, 4.69) is 15.3 Å². The molecule has 1 aromatic carbocycles. The number of anilines is 2. The molecule has 2 aromatic heterocycles. The third kappa shape index (κ3) is 2.42. The first-order valence-electron chi connectivity index (χ1n) is 6.15. The predicted octanol–water partition coefficient (Wildman–Crippen LogP) is 3.97. The molecule has 4 nitrogen and oxygen atoms in total. The molecule has 0 fully saturated rings. The van der Waals surface area contributed by atoms with Crippen molar-refractivity contribution in [3.63, 3.8) is 0 Å². The monoisotopic (exact) mass is 289 g/mol. The summed E-state index contributed by atoms with van der Waals surface area (Å²) in [7, 11) is 0. The van der Waals surface area contributed by atoms with E-state index in [1.165, 1.54) is 18.5 Å². The van der Waals surface area contributed by atoms with Gasteiger partial charge in [0.1, 0.15) is 17.9 Å². The SMILES string of the molecule is CCOc1cc(F)ccc1Nc1ncnc2ccsc12. The van der Waals surface area contributed by atoms with Crippen molar-refractivity contribution >= 4 is 33.1 Å². The van der Waals surface area contributed by atoms with E-state index < -0.39 is 0 Å². The van der Waals surface area contributed by atoms with Crippen molar-refractivity contribution in [3.8, 4) is 5.75 Å². The van der Waals surface area contributed by atoms with Gasteiger partial charge < -0.3 is 10.1 Å². The molecule has 1 N–H and O–H groups in total. The van der Waals surface area contributed by atoms with Crippen LogP contribution < -0.4 is 10.1 Å². The van der Waals surface area contributed by atoms with Crippen LogP contribution >= 0.6 is 11.3 Å². The van der Waals surface area contributed by atoms with Crippen molar-refractivity contribution in [2.24, 2.45) is 0 Å². The molecule has 0 saturated heterocycles. The molecule has 20 heavy (non-hydrogen) atoms. The van der Waals surface area contributed by atoms with E-state index in [0.29, 0.717) is 23.9 Å². The lowest BCUT2D eigenvalue weighted by atomic mass is 10.2. The van der Waals surface area contributed by atoms with Gasteiger partial charge in [0.05, 0.1) is 22.5 Å². The number of fused-ring (bicyclic) bond motifs is 1. The van der Waals surface area contributed by atoms with E-state index in [1.807, 2.05) is 18.4 Å². The Balaban J connectivity index is 2.00. The molecule has 0 unspecified atom stereocenters. The number of halogens is 1. The Morgan fingerprint density at radius 3 is 3.05 bits per heavy atom. The highest BCUT2D eigenvalue weighted by Gasteiger charge is 2.09. The standard InChI is InChI=1S/C14H12FN3OS/c1-2-19-12-7-9(15)3-4-10(12)18-14-13-11(5-6-20-13)16-8-17-14/h3-8H,2H2,1H3,(H,16,17,18). The number of nitrogens with zero attached hydrogens (tertiary/aromatic N) is 2. The van der Waals surface area contributed by atoms with Crippen LogP contribution in [0.2, 0.25) is 0 Å². The Morgan fingerprint density at radius 2 is 2.20 bits per heavy atom. The Bertz CT molecular complexity index is 744. The summed E-state index contributed by atoms with van der Waals surface area (Å²) >= 11 is 1.55. The van der Waals surface area contributed by atoms with Crippen molar-refractivity contribution in [3.05, 3.63) is 41.8 Å². The first-order valence-corrected chi connectivity index (χ1v) is 7.03. The van der Waals surface area contributed by atoms with Crippen LogP contribution in [0.25, 0.3) is 10.2 Å². The Morgan fingerprint density at radius 1 is 1.30 bits per heavy atom. The van der Waals surface area contributed by atoms with Crippen LogP contribution in [0.5, 0.6) is 5.75 Å². The molecule has 0 aliphatic rings. The van der Waals surface area contributed by atoms with Crippen LogP contribution in [0, 0.1) is 5.82 Å². The van der Waals surface area contributed by atoms with Gasteiger partial charge in [-0.05, 0) is 30.5 Å². The number of aromatic nitrogens is 2. The summed E-state index contributed by atoms with van der Waals surface area (Å²) in [4.78, 5) is 8.42. The smallest absolute Gasteiger partial charge is 0.151 e. The molecule has 6 heteroatoms. The third-order valence-electron chi connectivity index (χ3n) is 2.74. The first kappa shape index (κ1) is 12.8. The summed E-state index contributed by atoms with van der Waals surface area (Å²) in [5.74, 6) is 0.830. The highest BCUT2D eigenvalue weighted by Crippen LogP contribution is 2.32. The zero-order valence-electron chi connectivity index (χ0n) is 10.8. The lowest BCUT2D eigenvalue weighted by Gasteiger charge is -2.12. The average molecular weight is 289 g/mol. The van der Waals surface area contributed by atoms with E-state index in [1.54, 1.807) is 17.4 Å². The Hall–Kier alpha value is -2.21. The van der Waals surface area contributed by atoms with Gasteiger partial charge in [-0.2, -0.15) is 0 Å². The Labute approximate surface area is 119 Å². The second-order valence-corrected chi connectivity index (χ2v) is 4.97. The molecule has 102 valence electrons. The van der Waals surface area contributed by atoms with Gasteiger partial charge in [0.25, 0.3) is 0 Å². The van der Waals surface area contributed by atoms with Crippen LogP contribution in [0.4, 0.5) is 15.9 Å². The van der Waals surface area contributed by atoms with E-state index >= 15 is 0 Å². The van der Waals surface area contributed by atoms with Crippen LogP contribution in [0.15, 0.2) is 36.0 Å². The van der Waals surface area contributed by atoms with Gasteiger partial charge in [-0.15, -0.1) is 11.3 Å². The molecule has 0 amide bonds. The lowest BCUT2D eigenvalue weighted by molar-refractivity contribution is 0.340. The molecule has 3 aromatic rings. The van der Waals surface area contributed by atoms with Gasteiger partial charge in [0, 0.05) is 6.07 Å². The molecule has 3 rings (SSSR count). The summed E-state index contributed by atoms with van der Waals surface area (Å²) < 4.78 is 19.7. The van der Waals surface area contributed by atoms with E-state index in [0.717, 1.165) is 10.2 Å². The van der Waals surface area contributed by atoms with Crippen LogP contribution in [-0.2, 0) is 0 Å². The molecule has 0 aliphatic heterocycles. The average Bonchev–Trinajstić information content (AvgIpc) is 2.91. The Kier molecular flexibility index (Phi) is 3.47. The lowest BCUT2D eigenvalue weighted by Crippen LogP contribution is -2.00. The quantitative estimate of drug-likeness (QED) is 0.789. The van der Waals surface area contributed by atoms with E-state index in [-0.39, 0.29) is 5.82 Å². The number of nitrogens with one attached hydrogen (secondary N) is 1. The van der Waals surface area contributed by atoms with Crippen molar-refractivity contribution in [2.75, 3.05) is 11.9 Å². The summed E-state index contributed by atoms with van der Waals surface area (Å²) in [6.45, 7) is 2.33. The second-order valence-electron chi connectivity index (χ2n) is 4.06. The fraction of sp³-hybridized carbons (Fsp3) is 0.143. The number of rotatable bonds is 4. The highest BCUT2D eigenvalue weighted by molar-refractivity contribution is 7.17. The number of ether oxygens (including phenoxy) is 1. The minimum absolute atomic E-state index is 0.331. The molecule has 0 bridgehead atoms. The summed E-state index contributed by atoms with van der Waals surface area (Å²) in [6.07, 6.45) is 1.50. The van der Waals surface area contributed by atoms with Gasteiger partial charge in [-0.3, -0.25) is 0 Å². The largest absolute Gasteiger partial charge is 0.492 e. The molecular weight excluding hydrogens is 277 g/mol. The van der Waals surface area contributed by atoms with E-state index in [9.17, 15) is 4.39 Å². The number of benzene rings is 1. The van der Waals surface area contributed by atoms with Gasteiger partial charge in [-0.25, -0.2) is 14.4 Å². The fourth-order valence-electron chi connectivity index (χ4n) is 1.88.